The molecule has 0 aliphatic rings. The number of halogens is 1. The predicted octanol–water partition coefficient (Wildman–Crippen LogP) is 5.41. The van der Waals surface area contributed by atoms with E-state index in [0.29, 0.717) is 23.5 Å². The van der Waals surface area contributed by atoms with Crippen molar-refractivity contribution in [2.45, 2.75) is 6.42 Å². The maximum atomic E-state index is 13.4. The first-order valence-corrected chi connectivity index (χ1v) is 10.4. The van der Waals surface area contributed by atoms with Gasteiger partial charge in [0.25, 0.3) is 0 Å². The number of nitrogen functional groups attached to an aromatic ring is 1. The number of hydrogen-bond acceptors (Lipinski definition) is 5. The Bertz CT molecular complexity index is 1460. The number of aromatic amines is 1. The van der Waals surface area contributed by atoms with Gasteiger partial charge in [0, 0.05) is 35.5 Å². The van der Waals surface area contributed by atoms with Crippen molar-refractivity contribution in [3.05, 3.63) is 109 Å². The summed E-state index contributed by atoms with van der Waals surface area (Å²) in [4.78, 5) is 8.66. The van der Waals surface area contributed by atoms with Crippen molar-refractivity contribution in [1.29, 1.82) is 0 Å². The minimum Gasteiger partial charge on any atom is -0.397 e. The lowest BCUT2D eigenvalue weighted by atomic mass is 10.0. The fraction of sp³-hybridized carbons (Fsp3) is 0.0385. The topological polar surface area (TPSA) is 92.5 Å². The van der Waals surface area contributed by atoms with E-state index >= 15 is 0 Å². The van der Waals surface area contributed by atoms with Crippen LogP contribution in [0.15, 0.2) is 85.8 Å². The summed E-state index contributed by atoms with van der Waals surface area (Å²) in [5.74, 6) is -0.247. The maximum Gasteiger partial charge on any atom is 0.123 e. The SMILES string of the molecule is C=C(Nc1ccc(Cc2cccc(F)c2)nc1)c1n[nH]c2ccc(-c3cncc(N)c3)cc12. The van der Waals surface area contributed by atoms with Gasteiger partial charge in [-0.05, 0) is 53.6 Å². The number of aromatic nitrogens is 4. The number of nitrogens with one attached hydrogen (secondary N) is 2. The lowest BCUT2D eigenvalue weighted by Crippen LogP contribution is -2.00. The number of hydrogen-bond donors (Lipinski definition) is 3. The van der Waals surface area contributed by atoms with Gasteiger partial charge in [-0.1, -0.05) is 24.8 Å². The van der Waals surface area contributed by atoms with Crippen LogP contribution in [-0.2, 0) is 6.42 Å². The van der Waals surface area contributed by atoms with Gasteiger partial charge in [0.05, 0.1) is 28.8 Å². The van der Waals surface area contributed by atoms with Crippen molar-refractivity contribution in [1.82, 2.24) is 20.2 Å². The number of rotatable bonds is 6. The van der Waals surface area contributed by atoms with Gasteiger partial charge >= 0.3 is 0 Å². The van der Waals surface area contributed by atoms with Crippen LogP contribution in [0.25, 0.3) is 27.7 Å². The highest BCUT2D eigenvalue weighted by Crippen LogP contribution is 2.29. The van der Waals surface area contributed by atoms with Crippen LogP contribution in [0.2, 0.25) is 0 Å². The summed E-state index contributed by atoms with van der Waals surface area (Å²) in [6, 6.07) is 18.3. The van der Waals surface area contributed by atoms with Crippen molar-refractivity contribution < 1.29 is 4.39 Å². The number of benzene rings is 2. The summed E-state index contributed by atoms with van der Waals surface area (Å²) in [5.41, 5.74) is 13.2. The molecule has 0 fully saturated rings. The van der Waals surface area contributed by atoms with Crippen LogP contribution in [0.3, 0.4) is 0 Å². The molecule has 0 saturated heterocycles. The van der Waals surface area contributed by atoms with Gasteiger partial charge in [0.2, 0.25) is 0 Å². The summed E-state index contributed by atoms with van der Waals surface area (Å²) in [6.45, 7) is 4.16. The fourth-order valence-corrected chi connectivity index (χ4v) is 3.73. The van der Waals surface area contributed by atoms with Gasteiger partial charge in [-0.3, -0.25) is 15.1 Å². The second-order valence-corrected chi connectivity index (χ2v) is 7.79. The lowest BCUT2D eigenvalue weighted by Gasteiger charge is -2.09. The number of anilines is 2. The largest absolute Gasteiger partial charge is 0.397 e. The summed E-state index contributed by atoms with van der Waals surface area (Å²) < 4.78 is 13.4. The summed E-state index contributed by atoms with van der Waals surface area (Å²) in [7, 11) is 0. The van der Waals surface area contributed by atoms with E-state index in [0.717, 1.165) is 39.0 Å². The Balaban J connectivity index is 1.35. The molecular formula is C26H21FN6. The quantitative estimate of drug-likeness (QED) is 0.331. The molecule has 0 aliphatic carbocycles. The van der Waals surface area contributed by atoms with Crippen molar-refractivity contribution in [3.8, 4) is 11.1 Å². The van der Waals surface area contributed by atoms with E-state index in [1.54, 1.807) is 24.7 Å². The molecule has 162 valence electrons. The molecule has 4 N–H and O–H groups in total. The maximum absolute atomic E-state index is 13.4. The second kappa shape index (κ2) is 8.55. The van der Waals surface area contributed by atoms with Crippen LogP contribution in [0, 0.1) is 5.82 Å². The first-order valence-electron chi connectivity index (χ1n) is 10.4. The Morgan fingerprint density at radius 1 is 1.00 bits per heavy atom. The molecule has 0 saturated carbocycles. The second-order valence-electron chi connectivity index (χ2n) is 7.79. The third-order valence-corrected chi connectivity index (χ3v) is 5.34. The molecule has 0 atom stereocenters. The van der Waals surface area contributed by atoms with Gasteiger partial charge < -0.3 is 11.1 Å². The molecular weight excluding hydrogens is 415 g/mol. The van der Waals surface area contributed by atoms with Gasteiger partial charge in [-0.25, -0.2) is 4.39 Å². The highest BCUT2D eigenvalue weighted by molar-refractivity contribution is 5.95. The molecule has 3 aromatic heterocycles. The van der Waals surface area contributed by atoms with Crippen LogP contribution in [0.4, 0.5) is 15.8 Å². The molecule has 7 heteroatoms. The minimum atomic E-state index is -0.247. The monoisotopic (exact) mass is 436 g/mol. The molecule has 33 heavy (non-hydrogen) atoms. The van der Waals surface area contributed by atoms with E-state index in [-0.39, 0.29) is 5.82 Å². The van der Waals surface area contributed by atoms with Crippen molar-refractivity contribution >= 4 is 28.0 Å². The molecule has 5 aromatic rings. The van der Waals surface area contributed by atoms with E-state index in [4.69, 9.17) is 5.73 Å². The van der Waals surface area contributed by atoms with Gasteiger partial charge in [0.15, 0.2) is 0 Å². The van der Waals surface area contributed by atoms with Crippen LogP contribution in [0.1, 0.15) is 17.0 Å². The summed E-state index contributed by atoms with van der Waals surface area (Å²) in [6.07, 6.45) is 5.69. The first-order chi connectivity index (χ1) is 16.0. The Morgan fingerprint density at radius 2 is 1.91 bits per heavy atom. The molecule has 0 spiro atoms. The molecule has 0 bridgehead atoms. The van der Waals surface area contributed by atoms with Crippen molar-refractivity contribution in [2.75, 3.05) is 11.1 Å². The van der Waals surface area contributed by atoms with Gasteiger partial charge in [-0.15, -0.1) is 0 Å². The molecule has 0 radical (unpaired) electrons. The molecule has 3 heterocycles. The average Bonchev–Trinajstić information content (AvgIpc) is 3.24. The minimum absolute atomic E-state index is 0.247. The van der Waals surface area contributed by atoms with Crippen LogP contribution < -0.4 is 11.1 Å². The van der Waals surface area contributed by atoms with E-state index in [1.165, 1.54) is 12.1 Å². The first kappa shape index (κ1) is 20.4. The summed E-state index contributed by atoms with van der Waals surface area (Å²) >= 11 is 0. The highest BCUT2D eigenvalue weighted by atomic mass is 19.1. The molecule has 0 amide bonds. The molecule has 5 rings (SSSR count). The van der Waals surface area contributed by atoms with E-state index in [9.17, 15) is 4.39 Å². The number of pyridine rings is 2. The van der Waals surface area contributed by atoms with Crippen LogP contribution in [-0.4, -0.2) is 20.2 Å². The fourth-order valence-electron chi connectivity index (χ4n) is 3.73. The van der Waals surface area contributed by atoms with Crippen molar-refractivity contribution in [2.24, 2.45) is 0 Å². The Hall–Kier alpha value is -4.52. The van der Waals surface area contributed by atoms with Gasteiger partial charge in [-0.2, -0.15) is 5.10 Å². The van der Waals surface area contributed by atoms with Crippen LogP contribution >= 0.6 is 0 Å². The Kier molecular flexibility index (Phi) is 5.28. The zero-order valence-electron chi connectivity index (χ0n) is 17.7. The normalized spacial score (nSPS) is 10.9. The number of nitrogens with zero attached hydrogens (tertiary/aromatic N) is 3. The number of fused-ring (bicyclic) bond motifs is 1. The standard InChI is InChI=1S/C26H21FN6/c1-16(31-23-7-6-22(30-15-23)10-17-3-2-4-20(27)9-17)26-24-12-18(5-8-25(24)32-33-26)19-11-21(28)14-29-13-19/h2-9,11-15,31H,1,10,28H2,(H,32,33). The zero-order valence-corrected chi connectivity index (χ0v) is 17.7. The third-order valence-electron chi connectivity index (χ3n) is 5.34. The highest BCUT2D eigenvalue weighted by Gasteiger charge is 2.12. The van der Waals surface area contributed by atoms with Crippen molar-refractivity contribution in [3.63, 3.8) is 0 Å². The number of nitrogens with two attached hydrogens (primary N) is 1. The molecule has 2 aromatic carbocycles. The zero-order chi connectivity index (χ0) is 22.8. The number of H-pyrrole nitrogens is 1. The molecule has 6 nitrogen and oxygen atoms in total. The van der Waals surface area contributed by atoms with E-state index in [1.807, 2.05) is 42.5 Å². The van der Waals surface area contributed by atoms with Gasteiger partial charge in [0.1, 0.15) is 11.5 Å². The summed E-state index contributed by atoms with van der Waals surface area (Å²) in [5, 5.41) is 11.7. The smallest absolute Gasteiger partial charge is 0.123 e. The lowest BCUT2D eigenvalue weighted by molar-refractivity contribution is 0.626. The third kappa shape index (κ3) is 4.43. The Morgan fingerprint density at radius 3 is 2.70 bits per heavy atom. The van der Waals surface area contributed by atoms with E-state index in [2.05, 4.69) is 32.1 Å². The average molecular weight is 436 g/mol. The molecule has 0 aliphatic heterocycles. The predicted molar refractivity (Wildman–Crippen MR) is 130 cm³/mol. The van der Waals surface area contributed by atoms with E-state index < -0.39 is 0 Å². The Labute approximate surface area is 190 Å². The molecule has 0 unspecified atom stereocenters. The van der Waals surface area contributed by atoms with Crippen LogP contribution in [0.5, 0.6) is 0 Å².